The molecule has 0 radical (unpaired) electrons. The molecule has 2 N–H and O–H groups in total. The fraction of sp³-hybridized carbons (Fsp3) is 0.731. The molecular formula is C26H45N5O. The number of ether oxygens (including phenoxy) is 1. The van der Waals surface area contributed by atoms with Crippen LogP contribution in [0.4, 0.5) is 0 Å². The van der Waals surface area contributed by atoms with Crippen molar-refractivity contribution < 1.29 is 4.74 Å². The second-order valence-electron chi connectivity index (χ2n) is 9.21. The van der Waals surface area contributed by atoms with Gasteiger partial charge in [0.2, 0.25) is 0 Å². The lowest BCUT2D eigenvalue weighted by Crippen LogP contribution is -2.48. The minimum atomic E-state index is 0.408. The Bertz CT molecular complexity index is 637. The van der Waals surface area contributed by atoms with Crippen LogP contribution in [0.2, 0.25) is 0 Å². The zero-order valence-electron chi connectivity index (χ0n) is 20.4. The van der Waals surface area contributed by atoms with E-state index in [0.29, 0.717) is 12.1 Å². The summed E-state index contributed by atoms with van der Waals surface area (Å²) in [4.78, 5) is 9.91. The zero-order chi connectivity index (χ0) is 22.4. The Morgan fingerprint density at radius 3 is 2.41 bits per heavy atom. The van der Waals surface area contributed by atoms with E-state index in [2.05, 4.69) is 64.6 Å². The van der Waals surface area contributed by atoms with Crippen LogP contribution in [0.1, 0.15) is 57.9 Å². The van der Waals surface area contributed by atoms with Gasteiger partial charge in [-0.05, 0) is 57.6 Å². The number of guanidine groups is 1. The van der Waals surface area contributed by atoms with Crippen LogP contribution in [0.5, 0.6) is 0 Å². The maximum atomic E-state index is 6.17. The van der Waals surface area contributed by atoms with Gasteiger partial charge in [0, 0.05) is 58.5 Å². The number of nitrogens with one attached hydrogen (secondary N) is 2. The monoisotopic (exact) mass is 443 g/mol. The normalized spacial score (nSPS) is 19.9. The molecule has 6 nitrogen and oxygen atoms in total. The van der Waals surface area contributed by atoms with E-state index in [1.165, 1.54) is 44.5 Å². The average Bonchev–Trinajstić information content (AvgIpc) is 2.82. The van der Waals surface area contributed by atoms with Gasteiger partial charge in [-0.3, -0.25) is 9.89 Å². The standard InChI is InChI=1S/C26H45N5O/c1-3-16-30-17-11-24(12-18-30)29-26(27-4-2)28-15-8-21-32-25-13-19-31(20-14-25)22-23-9-6-5-7-10-23/h5-7,9-10,24-25H,3-4,8,11-22H2,1-2H3,(H2,27,28,29). The first kappa shape index (κ1) is 25.0. The molecule has 0 bridgehead atoms. The van der Waals surface area contributed by atoms with Crippen LogP contribution >= 0.6 is 0 Å². The first-order valence-corrected chi connectivity index (χ1v) is 12.9. The van der Waals surface area contributed by atoms with Gasteiger partial charge in [-0.1, -0.05) is 37.3 Å². The van der Waals surface area contributed by atoms with E-state index >= 15 is 0 Å². The number of hydrogen-bond acceptors (Lipinski definition) is 4. The molecule has 2 fully saturated rings. The molecule has 3 rings (SSSR count). The van der Waals surface area contributed by atoms with E-state index in [4.69, 9.17) is 9.73 Å². The fourth-order valence-corrected chi connectivity index (χ4v) is 4.71. The molecule has 180 valence electrons. The number of benzene rings is 1. The van der Waals surface area contributed by atoms with Crippen molar-refractivity contribution in [2.45, 2.75) is 71.1 Å². The quantitative estimate of drug-likeness (QED) is 0.312. The Morgan fingerprint density at radius 2 is 1.72 bits per heavy atom. The summed E-state index contributed by atoms with van der Waals surface area (Å²) in [6, 6.07) is 11.3. The largest absolute Gasteiger partial charge is 0.378 e. The van der Waals surface area contributed by atoms with Gasteiger partial charge in [0.25, 0.3) is 0 Å². The van der Waals surface area contributed by atoms with Gasteiger partial charge in [0.05, 0.1) is 6.10 Å². The second kappa shape index (κ2) is 14.5. The Morgan fingerprint density at radius 1 is 1.00 bits per heavy atom. The Labute approximate surface area is 195 Å². The number of rotatable bonds is 11. The lowest BCUT2D eigenvalue weighted by molar-refractivity contribution is 0.00566. The van der Waals surface area contributed by atoms with Gasteiger partial charge >= 0.3 is 0 Å². The van der Waals surface area contributed by atoms with Gasteiger partial charge in [0.15, 0.2) is 5.96 Å². The molecule has 0 saturated carbocycles. The summed E-state index contributed by atoms with van der Waals surface area (Å²) in [5.74, 6) is 0.968. The first-order chi connectivity index (χ1) is 15.8. The first-order valence-electron chi connectivity index (χ1n) is 12.9. The van der Waals surface area contributed by atoms with Crippen molar-refractivity contribution in [1.82, 2.24) is 20.4 Å². The lowest BCUT2D eigenvalue weighted by atomic mass is 10.1. The molecule has 0 atom stereocenters. The van der Waals surface area contributed by atoms with Crippen LogP contribution < -0.4 is 10.6 Å². The number of hydrogen-bond donors (Lipinski definition) is 2. The van der Waals surface area contributed by atoms with Crippen LogP contribution in [-0.2, 0) is 11.3 Å². The fourth-order valence-electron chi connectivity index (χ4n) is 4.71. The summed E-state index contributed by atoms with van der Waals surface area (Å²) in [6.07, 6.45) is 7.32. The number of piperidine rings is 2. The van der Waals surface area contributed by atoms with Crippen LogP contribution in [0.25, 0.3) is 0 Å². The van der Waals surface area contributed by atoms with Crippen LogP contribution in [0.15, 0.2) is 35.3 Å². The molecule has 2 aliphatic heterocycles. The number of nitrogens with zero attached hydrogens (tertiary/aromatic N) is 3. The van der Waals surface area contributed by atoms with Crippen LogP contribution in [0, 0.1) is 0 Å². The third-order valence-corrected chi connectivity index (χ3v) is 6.52. The van der Waals surface area contributed by atoms with E-state index in [0.717, 1.165) is 64.6 Å². The highest BCUT2D eigenvalue weighted by molar-refractivity contribution is 5.80. The Balaban J connectivity index is 1.28. The van der Waals surface area contributed by atoms with Gasteiger partial charge in [-0.15, -0.1) is 0 Å². The molecule has 6 heteroatoms. The summed E-state index contributed by atoms with van der Waals surface area (Å²) < 4.78 is 6.17. The SMILES string of the molecule is CCCN1CCC(NC(=NCCCOC2CCN(Cc3ccccc3)CC2)NCC)CC1. The van der Waals surface area contributed by atoms with E-state index in [-0.39, 0.29) is 0 Å². The Kier molecular flexibility index (Phi) is 11.3. The minimum Gasteiger partial charge on any atom is -0.378 e. The number of aliphatic imine (C=N–C) groups is 1. The van der Waals surface area contributed by atoms with Gasteiger partial charge in [-0.25, -0.2) is 0 Å². The molecule has 1 aromatic rings. The van der Waals surface area contributed by atoms with E-state index in [9.17, 15) is 0 Å². The van der Waals surface area contributed by atoms with Crippen molar-refractivity contribution in [3.8, 4) is 0 Å². The van der Waals surface area contributed by atoms with Crippen molar-refractivity contribution >= 4 is 5.96 Å². The average molecular weight is 444 g/mol. The highest BCUT2D eigenvalue weighted by Gasteiger charge is 2.20. The summed E-state index contributed by atoms with van der Waals surface area (Å²) in [7, 11) is 0. The van der Waals surface area contributed by atoms with Gasteiger partial charge in [0.1, 0.15) is 0 Å². The molecule has 32 heavy (non-hydrogen) atoms. The highest BCUT2D eigenvalue weighted by Crippen LogP contribution is 2.16. The third kappa shape index (κ3) is 9.08. The Hall–Kier alpha value is -1.63. The second-order valence-corrected chi connectivity index (χ2v) is 9.21. The summed E-state index contributed by atoms with van der Waals surface area (Å²) in [5, 5.41) is 7.06. The lowest BCUT2D eigenvalue weighted by Gasteiger charge is -2.32. The summed E-state index contributed by atoms with van der Waals surface area (Å²) >= 11 is 0. The van der Waals surface area contributed by atoms with Gasteiger partial charge < -0.3 is 20.3 Å². The molecule has 0 amide bonds. The maximum absolute atomic E-state index is 6.17. The maximum Gasteiger partial charge on any atom is 0.191 e. The molecular weight excluding hydrogens is 398 g/mol. The third-order valence-electron chi connectivity index (χ3n) is 6.52. The molecule has 2 aliphatic rings. The van der Waals surface area contributed by atoms with Crippen molar-refractivity contribution in [1.29, 1.82) is 0 Å². The predicted octanol–water partition coefficient (Wildman–Crippen LogP) is 3.49. The highest BCUT2D eigenvalue weighted by atomic mass is 16.5. The molecule has 2 heterocycles. The summed E-state index contributed by atoms with van der Waals surface area (Å²) in [6.45, 7) is 13.9. The molecule has 1 aromatic carbocycles. The molecule has 2 saturated heterocycles. The van der Waals surface area contributed by atoms with E-state index in [1.807, 2.05) is 0 Å². The smallest absolute Gasteiger partial charge is 0.191 e. The molecule has 0 aromatic heterocycles. The van der Waals surface area contributed by atoms with Crippen molar-refractivity contribution in [3.05, 3.63) is 35.9 Å². The van der Waals surface area contributed by atoms with E-state index in [1.54, 1.807) is 0 Å². The van der Waals surface area contributed by atoms with Crippen molar-refractivity contribution in [3.63, 3.8) is 0 Å². The minimum absolute atomic E-state index is 0.408. The molecule has 0 spiro atoms. The van der Waals surface area contributed by atoms with Crippen molar-refractivity contribution in [2.24, 2.45) is 4.99 Å². The van der Waals surface area contributed by atoms with Crippen LogP contribution in [0.3, 0.4) is 0 Å². The van der Waals surface area contributed by atoms with E-state index < -0.39 is 0 Å². The predicted molar refractivity (Wildman–Crippen MR) is 134 cm³/mol. The molecule has 0 aliphatic carbocycles. The summed E-state index contributed by atoms with van der Waals surface area (Å²) in [5.41, 5.74) is 1.40. The topological polar surface area (TPSA) is 52.1 Å². The van der Waals surface area contributed by atoms with Crippen molar-refractivity contribution in [2.75, 3.05) is 52.4 Å². The number of likely N-dealkylation sites (tertiary alicyclic amines) is 2. The zero-order valence-corrected chi connectivity index (χ0v) is 20.4. The van der Waals surface area contributed by atoms with Gasteiger partial charge in [-0.2, -0.15) is 0 Å². The molecule has 0 unspecified atom stereocenters. The van der Waals surface area contributed by atoms with Crippen LogP contribution in [-0.4, -0.2) is 80.3 Å².